The Hall–Kier alpha value is -0.600. The molecule has 0 aromatic heterocycles. The zero-order valence-corrected chi connectivity index (χ0v) is 6.70. The number of hydrogen-bond acceptors (Lipinski definition) is 2. The fourth-order valence-corrected chi connectivity index (χ4v) is 1.22. The minimum absolute atomic E-state index is 0.211. The highest BCUT2D eigenvalue weighted by Gasteiger charge is 2.11. The molecule has 0 unspecified atom stereocenters. The maximum atomic E-state index is 8.88. The molecule has 1 rings (SSSR count). The van der Waals surface area contributed by atoms with Crippen LogP contribution in [0.1, 0.15) is 19.8 Å². The topological polar surface area (TPSA) is 40.5 Å². The Morgan fingerprint density at radius 1 is 1.55 bits per heavy atom. The van der Waals surface area contributed by atoms with E-state index in [0.29, 0.717) is 0 Å². The summed E-state index contributed by atoms with van der Waals surface area (Å²) in [6.45, 7) is 2.02. The predicted molar refractivity (Wildman–Crippen MR) is 43.8 cm³/mol. The van der Waals surface area contributed by atoms with E-state index < -0.39 is 6.29 Å². The first kappa shape index (κ1) is 8.50. The molecule has 0 saturated carbocycles. The maximum Gasteiger partial charge on any atom is 0.161 e. The van der Waals surface area contributed by atoms with Crippen molar-refractivity contribution in [2.75, 3.05) is 0 Å². The molecule has 2 N–H and O–H groups in total. The number of allylic oxidation sites excluding steroid dienone is 2. The highest BCUT2D eigenvalue weighted by molar-refractivity contribution is 5.12. The van der Waals surface area contributed by atoms with Crippen molar-refractivity contribution in [1.29, 1.82) is 0 Å². The van der Waals surface area contributed by atoms with Crippen molar-refractivity contribution in [2.45, 2.75) is 26.1 Å². The van der Waals surface area contributed by atoms with Crippen molar-refractivity contribution in [2.24, 2.45) is 5.92 Å². The van der Waals surface area contributed by atoms with E-state index in [1.165, 1.54) is 5.57 Å². The first-order valence-electron chi connectivity index (χ1n) is 3.90. The molecule has 2 heteroatoms. The molecule has 1 atom stereocenters. The highest BCUT2D eigenvalue weighted by atomic mass is 16.5. The summed E-state index contributed by atoms with van der Waals surface area (Å²) in [5, 5.41) is 17.8. The smallest absolute Gasteiger partial charge is 0.161 e. The van der Waals surface area contributed by atoms with E-state index in [2.05, 4.69) is 0 Å². The Labute approximate surface area is 66.9 Å². The molecule has 0 aliphatic heterocycles. The van der Waals surface area contributed by atoms with Gasteiger partial charge in [0.2, 0.25) is 0 Å². The SMILES string of the molecule is CC1=C[C@H](C(O)O)C=CCC1. The number of aliphatic hydroxyl groups excluding tert-OH is 1. The van der Waals surface area contributed by atoms with Gasteiger partial charge in [-0.05, 0) is 19.8 Å². The standard InChI is InChI=1S/C9H14O2/c1-7-4-2-3-5-8(6-7)9(10)11/h3,5-6,8-11H,2,4H2,1H3/t8-/m1/s1. The summed E-state index contributed by atoms with van der Waals surface area (Å²) in [7, 11) is 0. The third kappa shape index (κ3) is 2.48. The van der Waals surface area contributed by atoms with Crippen LogP contribution in [0.3, 0.4) is 0 Å². The Morgan fingerprint density at radius 2 is 2.27 bits per heavy atom. The van der Waals surface area contributed by atoms with Gasteiger partial charge >= 0.3 is 0 Å². The quantitative estimate of drug-likeness (QED) is 0.440. The van der Waals surface area contributed by atoms with E-state index in [1.54, 1.807) is 0 Å². The first-order valence-corrected chi connectivity index (χ1v) is 3.90. The molecule has 11 heavy (non-hydrogen) atoms. The van der Waals surface area contributed by atoms with Gasteiger partial charge in [-0.2, -0.15) is 0 Å². The summed E-state index contributed by atoms with van der Waals surface area (Å²) in [4.78, 5) is 0. The molecular weight excluding hydrogens is 140 g/mol. The molecule has 0 aromatic rings. The van der Waals surface area contributed by atoms with Gasteiger partial charge in [0.15, 0.2) is 6.29 Å². The molecule has 0 saturated heterocycles. The minimum atomic E-state index is -1.25. The average Bonchev–Trinajstić information content (AvgIpc) is 2.13. The number of hydrogen-bond donors (Lipinski definition) is 2. The third-order valence-electron chi connectivity index (χ3n) is 1.88. The lowest BCUT2D eigenvalue weighted by Crippen LogP contribution is -2.15. The van der Waals surface area contributed by atoms with Gasteiger partial charge in [0.05, 0.1) is 0 Å². The van der Waals surface area contributed by atoms with Crippen molar-refractivity contribution in [3.05, 3.63) is 23.8 Å². The van der Waals surface area contributed by atoms with Crippen LogP contribution < -0.4 is 0 Å². The summed E-state index contributed by atoms with van der Waals surface area (Å²) in [6.07, 6.45) is 6.54. The van der Waals surface area contributed by atoms with E-state index in [9.17, 15) is 0 Å². The lowest BCUT2D eigenvalue weighted by Gasteiger charge is -2.09. The number of aliphatic hydroxyl groups is 2. The highest BCUT2D eigenvalue weighted by Crippen LogP contribution is 2.17. The zero-order valence-electron chi connectivity index (χ0n) is 6.70. The maximum absolute atomic E-state index is 8.88. The van der Waals surface area contributed by atoms with Crippen LogP contribution in [-0.2, 0) is 0 Å². The van der Waals surface area contributed by atoms with Crippen LogP contribution in [0.15, 0.2) is 23.8 Å². The van der Waals surface area contributed by atoms with Gasteiger partial charge in [-0.3, -0.25) is 0 Å². The van der Waals surface area contributed by atoms with E-state index >= 15 is 0 Å². The summed E-state index contributed by atoms with van der Waals surface area (Å²) >= 11 is 0. The van der Waals surface area contributed by atoms with Crippen LogP contribution >= 0.6 is 0 Å². The average molecular weight is 154 g/mol. The molecule has 0 amide bonds. The minimum Gasteiger partial charge on any atom is -0.367 e. The predicted octanol–water partition coefficient (Wildman–Crippen LogP) is 1.21. The van der Waals surface area contributed by atoms with Crippen LogP contribution in [0.5, 0.6) is 0 Å². The van der Waals surface area contributed by atoms with Crippen LogP contribution in [0.25, 0.3) is 0 Å². The summed E-state index contributed by atoms with van der Waals surface area (Å²) in [5.74, 6) is -0.211. The summed E-state index contributed by atoms with van der Waals surface area (Å²) in [5.41, 5.74) is 1.23. The molecule has 0 radical (unpaired) electrons. The zero-order chi connectivity index (χ0) is 8.27. The van der Waals surface area contributed by atoms with Gasteiger partial charge in [0, 0.05) is 5.92 Å². The molecule has 0 fully saturated rings. The van der Waals surface area contributed by atoms with Crippen LogP contribution in [0.4, 0.5) is 0 Å². The van der Waals surface area contributed by atoms with E-state index in [1.807, 2.05) is 25.2 Å². The molecular formula is C9H14O2. The number of rotatable bonds is 1. The van der Waals surface area contributed by atoms with Crippen molar-refractivity contribution in [3.8, 4) is 0 Å². The molecule has 2 nitrogen and oxygen atoms in total. The molecule has 0 spiro atoms. The summed E-state index contributed by atoms with van der Waals surface area (Å²) in [6, 6.07) is 0. The summed E-state index contributed by atoms with van der Waals surface area (Å²) < 4.78 is 0. The van der Waals surface area contributed by atoms with Crippen molar-refractivity contribution in [1.82, 2.24) is 0 Å². The van der Waals surface area contributed by atoms with E-state index in [-0.39, 0.29) is 5.92 Å². The Bertz CT molecular complexity index is 180. The lowest BCUT2D eigenvalue weighted by molar-refractivity contribution is -0.0580. The second-order valence-corrected chi connectivity index (χ2v) is 2.97. The molecule has 0 heterocycles. The Balaban J connectivity index is 2.68. The van der Waals surface area contributed by atoms with Crippen molar-refractivity contribution < 1.29 is 10.2 Å². The normalized spacial score (nSPS) is 25.1. The van der Waals surface area contributed by atoms with Crippen molar-refractivity contribution in [3.63, 3.8) is 0 Å². The van der Waals surface area contributed by atoms with Crippen LogP contribution in [-0.4, -0.2) is 16.5 Å². The first-order chi connectivity index (χ1) is 5.20. The Morgan fingerprint density at radius 3 is 2.91 bits per heavy atom. The van der Waals surface area contributed by atoms with Crippen LogP contribution in [0, 0.1) is 5.92 Å². The van der Waals surface area contributed by atoms with Crippen LogP contribution in [0.2, 0.25) is 0 Å². The molecule has 1 aliphatic carbocycles. The second-order valence-electron chi connectivity index (χ2n) is 2.97. The van der Waals surface area contributed by atoms with Gasteiger partial charge in [-0.25, -0.2) is 0 Å². The fraction of sp³-hybridized carbons (Fsp3) is 0.556. The van der Waals surface area contributed by atoms with Gasteiger partial charge in [-0.15, -0.1) is 0 Å². The van der Waals surface area contributed by atoms with E-state index in [0.717, 1.165) is 12.8 Å². The fourth-order valence-electron chi connectivity index (χ4n) is 1.22. The third-order valence-corrected chi connectivity index (χ3v) is 1.88. The lowest BCUT2D eigenvalue weighted by atomic mass is 10.1. The van der Waals surface area contributed by atoms with Gasteiger partial charge in [-0.1, -0.05) is 23.8 Å². The molecule has 0 aromatic carbocycles. The largest absolute Gasteiger partial charge is 0.367 e. The molecule has 0 bridgehead atoms. The van der Waals surface area contributed by atoms with Gasteiger partial charge in [0.1, 0.15) is 0 Å². The van der Waals surface area contributed by atoms with Gasteiger partial charge in [0.25, 0.3) is 0 Å². The molecule has 1 aliphatic rings. The Kier molecular flexibility index (Phi) is 2.85. The second kappa shape index (κ2) is 3.69. The molecule has 62 valence electrons. The van der Waals surface area contributed by atoms with Gasteiger partial charge < -0.3 is 10.2 Å². The van der Waals surface area contributed by atoms with E-state index in [4.69, 9.17) is 10.2 Å². The monoisotopic (exact) mass is 154 g/mol. The van der Waals surface area contributed by atoms with Crippen molar-refractivity contribution >= 4 is 0 Å².